The minimum Gasteiger partial charge on any atom is -0.507 e. The van der Waals surface area contributed by atoms with E-state index in [1.54, 1.807) is 24.3 Å². The summed E-state index contributed by atoms with van der Waals surface area (Å²) in [5.74, 6) is 0.463. The van der Waals surface area contributed by atoms with Crippen molar-refractivity contribution in [1.82, 2.24) is 0 Å². The topological polar surface area (TPSA) is 46.5 Å². The molecule has 0 unspecified atom stereocenters. The maximum Gasteiger partial charge on any atom is 0.199 e. The summed E-state index contributed by atoms with van der Waals surface area (Å²) in [6, 6.07) is 6.49. The number of benzene rings is 1. The fraction of sp³-hybridized carbons (Fsp3) is 0.0625. The number of ketones is 1. The zero-order valence-electron chi connectivity index (χ0n) is 10.5. The predicted octanol–water partition coefficient (Wildman–Crippen LogP) is 3.98. The summed E-state index contributed by atoms with van der Waals surface area (Å²) >= 11 is 3.42. The molecule has 0 saturated carbocycles. The normalized spacial score (nSPS) is 17.1. The van der Waals surface area contributed by atoms with Gasteiger partial charge in [0.15, 0.2) is 5.78 Å². The summed E-state index contributed by atoms with van der Waals surface area (Å²) in [6.07, 6.45) is 7.87. The monoisotopic (exact) mass is 330 g/mol. The second-order valence-corrected chi connectivity index (χ2v) is 5.34. The van der Waals surface area contributed by atoms with Crippen LogP contribution in [0.4, 0.5) is 0 Å². The molecule has 1 aromatic rings. The van der Waals surface area contributed by atoms with Gasteiger partial charge in [-0.1, -0.05) is 18.2 Å². The summed E-state index contributed by atoms with van der Waals surface area (Å²) in [5, 5.41) is 9.75. The van der Waals surface area contributed by atoms with Gasteiger partial charge in [-0.25, -0.2) is 0 Å². The zero-order chi connectivity index (χ0) is 14.1. The lowest BCUT2D eigenvalue weighted by atomic mass is 9.96. The smallest absolute Gasteiger partial charge is 0.199 e. The number of hydrogen-bond acceptors (Lipinski definition) is 3. The van der Waals surface area contributed by atoms with E-state index in [1.165, 1.54) is 12.3 Å². The summed E-state index contributed by atoms with van der Waals surface area (Å²) in [4.78, 5) is 12.4. The number of allylic oxidation sites excluding steroid dienone is 6. The Morgan fingerprint density at radius 3 is 2.90 bits per heavy atom. The third-order valence-electron chi connectivity index (χ3n) is 3.15. The van der Waals surface area contributed by atoms with Crippen LogP contribution in [0.2, 0.25) is 0 Å². The Bertz CT molecular complexity index is 708. The summed E-state index contributed by atoms with van der Waals surface area (Å²) in [7, 11) is 0. The molecule has 0 fully saturated rings. The Balaban J connectivity index is 1.95. The number of aromatic hydroxyl groups is 1. The van der Waals surface area contributed by atoms with Crippen molar-refractivity contribution in [2.24, 2.45) is 0 Å². The first-order valence-corrected chi connectivity index (χ1v) is 6.93. The first-order chi connectivity index (χ1) is 9.66. The molecule has 1 heterocycles. The van der Waals surface area contributed by atoms with E-state index in [4.69, 9.17) is 4.74 Å². The number of phenols is 1. The lowest BCUT2D eigenvalue weighted by Crippen LogP contribution is -2.09. The van der Waals surface area contributed by atoms with Crippen molar-refractivity contribution in [3.63, 3.8) is 0 Å². The molecule has 3 nitrogen and oxygen atoms in total. The molecule has 4 heteroatoms. The van der Waals surface area contributed by atoms with Gasteiger partial charge in [0.1, 0.15) is 17.8 Å². The van der Waals surface area contributed by atoms with Crippen molar-refractivity contribution in [2.45, 2.75) is 6.42 Å². The second-order valence-electron chi connectivity index (χ2n) is 4.49. The van der Waals surface area contributed by atoms with Crippen molar-refractivity contribution < 1.29 is 14.6 Å². The van der Waals surface area contributed by atoms with Crippen LogP contribution in [-0.4, -0.2) is 10.9 Å². The molecule has 3 rings (SSSR count). The molecule has 0 bridgehead atoms. The molecular formula is C16H11BrO3. The molecule has 100 valence electrons. The van der Waals surface area contributed by atoms with Gasteiger partial charge in [0.25, 0.3) is 0 Å². The van der Waals surface area contributed by atoms with Gasteiger partial charge in [-0.15, -0.1) is 0 Å². The molecule has 1 N–H and O–H groups in total. The number of carbonyl (C=O) groups excluding carboxylic acids is 1. The van der Waals surface area contributed by atoms with E-state index in [2.05, 4.69) is 15.9 Å². The van der Waals surface area contributed by atoms with Crippen LogP contribution >= 0.6 is 15.9 Å². The van der Waals surface area contributed by atoms with Gasteiger partial charge in [0, 0.05) is 5.57 Å². The third-order valence-corrected chi connectivity index (χ3v) is 3.78. The fourth-order valence-electron chi connectivity index (χ4n) is 2.15. The molecule has 20 heavy (non-hydrogen) atoms. The van der Waals surface area contributed by atoms with E-state index in [1.807, 2.05) is 12.2 Å². The average Bonchev–Trinajstić information content (AvgIpc) is 2.47. The maximum atomic E-state index is 12.4. The Hall–Kier alpha value is -2.07. The molecule has 0 spiro atoms. The number of phenolic OH excluding ortho intramolecular Hbond substituents is 1. The van der Waals surface area contributed by atoms with Crippen molar-refractivity contribution >= 4 is 21.7 Å². The molecule has 0 amide bonds. The van der Waals surface area contributed by atoms with Crippen LogP contribution in [0.5, 0.6) is 5.75 Å². The van der Waals surface area contributed by atoms with Crippen LogP contribution in [-0.2, 0) is 4.74 Å². The number of halogens is 1. The van der Waals surface area contributed by atoms with Crippen LogP contribution < -0.4 is 0 Å². The number of carbonyl (C=O) groups is 1. The zero-order valence-corrected chi connectivity index (χ0v) is 12.1. The van der Waals surface area contributed by atoms with E-state index in [0.29, 0.717) is 5.57 Å². The summed E-state index contributed by atoms with van der Waals surface area (Å²) in [6.45, 7) is 0. The second kappa shape index (κ2) is 5.13. The molecule has 0 atom stereocenters. The first kappa shape index (κ1) is 12.9. The van der Waals surface area contributed by atoms with Gasteiger partial charge in [0.05, 0.1) is 15.6 Å². The molecule has 0 radical (unpaired) electrons. The minimum absolute atomic E-state index is 0.0251. The average molecular weight is 331 g/mol. The number of Topliss-reactive ketones (excluding diaryl/α,β-unsaturated/α-hetero) is 1. The standard InChI is InChI=1S/C16H11BrO3/c17-13-6-3-4-10-8-11(9-20-16(10)13)15(19)12-5-1-2-7-14(12)18/h1-3,5-9,18H,4H2. The number of fused-ring (bicyclic) bond motifs is 1. The SMILES string of the molecule is O=C(C1=COC2=C(Br)C=CCC2=C1)c1ccccc1O. The highest BCUT2D eigenvalue weighted by atomic mass is 79.9. The van der Waals surface area contributed by atoms with E-state index in [0.717, 1.165) is 22.2 Å². The Kier molecular flexibility index (Phi) is 3.32. The van der Waals surface area contributed by atoms with E-state index in [-0.39, 0.29) is 17.1 Å². The highest BCUT2D eigenvalue weighted by Gasteiger charge is 2.22. The van der Waals surface area contributed by atoms with E-state index in [9.17, 15) is 9.90 Å². The summed E-state index contributed by atoms with van der Waals surface area (Å²) in [5.41, 5.74) is 1.65. The molecular weight excluding hydrogens is 320 g/mol. The molecule has 1 aromatic carbocycles. The van der Waals surface area contributed by atoms with Crippen LogP contribution in [0, 0.1) is 0 Å². The van der Waals surface area contributed by atoms with Crippen LogP contribution in [0.15, 0.2) is 70.1 Å². The van der Waals surface area contributed by atoms with Crippen molar-refractivity contribution in [1.29, 1.82) is 0 Å². The largest absolute Gasteiger partial charge is 0.507 e. The van der Waals surface area contributed by atoms with Gasteiger partial charge >= 0.3 is 0 Å². The molecule has 1 aliphatic carbocycles. The maximum absolute atomic E-state index is 12.4. The quantitative estimate of drug-likeness (QED) is 0.834. The van der Waals surface area contributed by atoms with Crippen molar-refractivity contribution in [2.75, 3.05) is 0 Å². The van der Waals surface area contributed by atoms with Gasteiger partial charge in [-0.2, -0.15) is 0 Å². The number of ether oxygens (including phenoxy) is 1. The van der Waals surface area contributed by atoms with Crippen LogP contribution in [0.3, 0.4) is 0 Å². The Labute approximate surface area is 124 Å². The molecule has 0 saturated heterocycles. The van der Waals surface area contributed by atoms with Gasteiger partial charge in [-0.05, 0) is 46.6 Å². The van der Waals surface area contributed by atoms with E-state index < -0.39 is 0 Å². The molecule has 0 aromatic heterocycles. The van der Waals surface area contributed by atoms with Crippen LogP contribution in [0.1, 0.15) is 16.8 Å². The van der Waals surface area contributed by atoms with Crippen LogP contribution in [0.25, 0.3) is 0 Å². The summed E-state index contributed by atoms with van der Waals surface area (Å²) < 4.78 is 6.40. The number of para-hydroxylation sites is 1. The Morgan fingerprint density at radius 2 is 2.10 bits per heavy atom. The first-order valence-electron chi connectivity index (χ1n) is 6.13. The molecule has 1 aliphatic heterocycles. The van der Waals surface area contributed by atoms with Gasteiger partial charge in [-0.3, -0.25) is 4.79 Å². The third kappa shape index (κ3) is 2.23. The molecule has 2 aliphatic rings. The van der Waals surface area contributed by atoms with Gasteiger partial charge in [0.2, 0.25) is 0 Å². The van der Waals surface area contributed by atoms with Crippen molar-refractivity contribution in [3.8, 4) is 5.75 Å². The van der Waals surface area contributed by atoms with Gasteiger partial charge < -0.3 is 9.84 Å². The number of rotatable bonds is 2. The highest BCUT2D eigenvalue weighted by molar-refractivity contribution is 9.11. The predicted molar refractivity (Wildman–Crippen MR) is 79.4 cm³/mol. The lowest BCUT2D eigenvalue weighted by Gasteiger charge is -2.20. The van der Waals surface area contributed by atoms with E-state index >= 15 is 0 Å². The number of hydrogen-bond donors (Lipinski definition) is 1. The minimum atomic E-state index is -0.250. The fourth-order valence-corrected chi connectivity index (χ4v) is 2.69. The van der Waals surface area contributed by atoms with Crippen molar-refractivity contribution in [3.05, 3.63) is 75.7 Å². The Morgan fingerprint density at radius 1 is 1.30 bits per heavy atom. The highest BCUT2D eigenvalue weighted by Crippen LogP contribution is 2.34. The lowest BCUT2D eigenvalue weighted by molar-refractivity contribution is 0.103.